The number of nitrogens with zero attached hydrogens (tertiary/aromatic N) is 1. The number of thiazole rings is 1. The first kappa shape index (κ1) is 12.5. The highest BCUT2D eigenvalue weighted by molar-refractivity contribution is 7.12. The number of hydrogen-bond donors (Lipinski definition) is 1. The van der Waals surface area contributed by atoms with Crippen molar-refractivity contribution < 1.29 is 0 Å². The summed E-state index contributed by atoms with van der Waals surface area (Å²) in [5.74, 6) is 0.700. The maximum atomic E-state index is 5.94. The molecule has 0 radical (unpaired) electrons. The minimum atomic E-state index is 0.184. The van der Waals surface area contributed by atoms with Crippen LogP contribution in [0.25, 0.3) is 0 Å². The lowest BCUT2D eigenvalue weighted by atomic mass is 9.65. The summed E-state index contributed by atoms with van der Waals surface area (Å²) >= 11 is 1.87. The van der Waals surface area contributed by atoms with Crippen LogP contribution in [0.15, 0.2) is 30.3 Å². The van der Waals surface area contributed by atoms with Gasteiger partial charge in [0.2, 0.25) is 0 Å². The monoisotopic (exact) mass is 284 g/mol. The third kappa shape index (κ3) is 1.84. The lowest BCUT2D eigenvalue weighted by Crippen LogP contribution is -2.35. The summed E-state index contributed by atoms with van der Waals surface area (Å²) in [5.41, 5.74) is 8.88. The fourth-order valence-corrected chi connectivity index (χ4v) is 4.60. The van der Waals surface area contributed by atoms with E-state index in [0.717, 1.165) is 0 Å². The van der Waals surface area contributed by atoms with Gasteiger partial charge in [0.15, 0.2) is 0 Å². The summed E-state index contributed by atoms with van der Waals surface area (Å²) in [6.07, 6.45) is 6.38. The van der Waals surface area contributed by atoms with Crippen molar-refractivity contribution in [2.75, 3.05) is 0 Å². The van der Waals surface area contributed by atoms with E-state index in [1.807, 2.05) is 11.3 Å². The van der Waals surface area contributed by atoms with Gasteiger partial charge in [-0.05, 0) is 31.2 Å². The van der Waals surface area contributed by atoms with Crippen molar-refractivity contribution in [1.29, 1.82) is 0 Å². The molecule has 0 bridgehead atoms. The van der Waals surface area contributed by atoms with Crippen molar-refractivity contribution in [3.8, 4) is 0 Å². The predicted molar refractivity (Wildman–Crippen MR) is 83.1 cm³/mol. The average Bonchev–Trinajstić information content (AvgIpc) is 3.20. The Morgan fingerprint density at radius 2 is 1.95 bits per heavy atom. The first-order valence-corrected chi connectivity index (χ1v) is 8.41. The Kier molecular flexibility index (Phi) is 2.93. The maximum Gasteiger partial charge on any atom is 0.104 e. The van der Waals surface area contributed by atoms with Gasteiger partial charge < -0.3 is 5.73 Å². The molecule has 2 aromatic rings. The average molecular weight is 284 g/mol. The quantitative estimate of drug-likeness (QED) is 0.923. The van der Waals surface area contributed by atoms with Crippen molar-refractivity contribution in [1.82, 2.24) is 4.98 Å². The fraction of sp³-hybridized carbons (Fsp3) is 0.471. The first-order valence-electron chi connectivity index (χ1n) is 7.59. The largest absolute Gasteiger partial charge is 0.326 e. The van der Waals surface area contributed by atoms with Crippen LogP contribution in [0, 0.1) is 0 Å². The van der Waals surface area contributed by atoms with Gasteiger partial charge >= 0.3 is 0 Å². The molecule has 0 atom stereocenters. The second-order valence-corrected chi connectivity index (χ2v) is 7.19. The Morgan fingerprint density at radius 3 is 2.50 bits per heavy atom. The second kappa shape index (κ2) is 4.68. The number of rotatable bonds is 4. The van der Waals surface area contributed by atoms with Gasteiger partial charge in [0.25, 0.3) is 0 Å². The van der Waals surface area contributed by atoms with Gasteiger partial charge in [-0.25, -0.2) is 4.98 Å². The van der Waals surface area contributed by atoms with Crippen molar-refractivity contribution in [2.45, 2.75) is 50.0 Å². The molecular weight excluding hydrogens is 264 g/mol. The van der Waals surface area contributed by atoms with Crippen LogP contribution in [0.4, 0.5) is 0 Å². The predicted octanol–water partition coefficient (Wildman–Crippen LogP) is 3.95. The van der Waals surface area contributed by atoms with Crippen LogP contribution >= 0.6 is 11.3 Å². The molecule has 2 aliphatic carbocycles. The third-order valence-corrected chi connectivity index (χ3v) is 6.12. The van der Waals surface area contributed by atoms with Crippen LogP contribution in [0.5, 0.6) is 0 Å². The van der Waals surface area contributed by atoms with Crippen LogP contribution in [-0.2, 0) is 12.0 Å². The highest BCUT2D eigenvalue weighted by Crippen LogP contribution is 2.52. The van der Waals surface area contributed by atoms with Gasteiger partial charge in [0, 0.05) is 22.8 Å². The number of nitrogens with two attached hydrogens (primary N) is 1. The molecule has 104 valence electrons. The van der Waals surface area contributed by atoms with Crippen LogP contribution in [0.3, 0.4) is 0 Å². The molecule has 1 heterocycles. The van der Waals surface area contributed by atoms with E-state index in [9.17, 15) is 0 Å². The molecule has 1 aromatic carbocycles. The lowest BCUT2D eigenvalue weighted by molar-refractivity contribution is 0.300. The Morgan fingerprint density at radius 1 is 1.20 bits per heavy atom. The topological polar surface area (TPSA) is 38.9 Å². The zero-order chi connectivity index (χ0) is 13.6. The normalized spacial score (nSPS) is 20.6. The molecule has 2 N–H and O–H groups in total. The van der Waals surface area contributed by atoms with E-state index >= 15 is 0 Å². The van der Waals surface area contributed by atoms with Gasteiger partial charge in [0.1, 0.15) is 5.01 Å². The van der Waals surface area contributed by atoms with Crippen LogP contribution in [0.1, 0.15) is 59.2 Å². The fourth-order valence-electron chi connectivity index (χ4n) is 3.30. The minimum Gasteiger partial charge on any atom is -0.326 e. The molecule has 2 aliphatic rings. The summed E-state index contributed by atoms with van der Waals surface area (Å²) in [4.78, 5) is 6.38. The van der Waals surface area contributed by atoms with Gasteiger partial charge in [-0.3, -0.25) is 0 Å². The molecule has 0 aliphatic heterocycles. The van der Waals surface area contributed by atoms with Gasteiger partial charge in [-0.15, -0.1) is 11.3 Å². The molecule has 1 aromatic heterocycles. The van der Waals surface area contributed by atoms with E-state index < -0.39 is 0 Å². The van der Waals surface area contributed by atoms with Gasteiger partial charge in [-0.1, -0.05) is 36.8 Å². The maximum absolute atomic E-state index is 5.94. The van der Waals surface area contributed by atoms with Gasteiger partial charge in [-0.2, -0.15) is 0 Å². The van der Waals surface area contributed by atoms with Gasteiger partial charge in [0.05, 0.1) is 5.69 Å². The molecule has 2 fully saturated rings. The van der Waals surface area contributed by atoms with Crippen molar-refractivity contribution in [2.24, 2.45) is 5.73 Å². The highest BCUT2D eigenvalue weighted by atomic mass is 32.1. The summed E-state index contributed by atoms with van der Waals surface area (Å²) in [6, 6.07) is 10.9. The zero-order valence-corrected chi connectivity index (χ0v) is 12.5. The van der Waals surface area contributed by atoms with E-state index in [2.05, 4.69) is 30.3 Å². The lowest BCUT2D eigenvalue weighted by Gasteiger charge is -2.40. The van der Waals surface area contributed by atoms with E-state index in [1.165, 1.54) is 53.2 Å². The molecule has 4 rings (SSSR count). The molecule has 0 unspecified atom stereocenters. The molecule has 2 nitrogen and oxygen atoms in total. The number of aromatic nitrogens is 1. The summed E-state index contributed by atoms with van der Waals surface area (Å²) in [5, 5.41) is 1.32. The second-order valence-electron chi connectivity index (χ2n) is 6.11. The van der Waals surface area contributed by atoms with E-state index in [0.29, 0.717) is 12.5 Å². The smallest absolute Gasteiger partial charge is 0.104 e. The minimum absolute atomic E-state index is 0.184. The van der Waals surface area contributed by atoms with Crippen molar-refractivity contribution >= 4 is 11.3 Å². The zero-order valence-electron chi connectivity index (χ0n) is 11.6. The Hall–Kier alpha value is -1.19. The van der Waals surface area contributed by atoms with Crippen molar-refractivity contribution in [3.63, 3.8) is 0 Å². The Labute approximate surface area is 124 Å². The molecule has 3 heteroatoms. The molecule has 2 saturated carbocycles. The summed E-state index contributed by atoms with van der Waals surface area (Å²) in [7, 11) is 0. The van der Waals surface area contributed by atoms with E-state index in [1.54, 1.807) is 0 Å². The highest BCUT2D eigenvalue weighted by Gasteiger charge is 2.44. The molecular formula is C17H20N2S. The van der Waals surface area contributed by atoms with E-state index in [4.69, 9.17) is 10.7 Å². The number of benzene rings is 1. The molecule has 0 saturated heterocycles. The molecule has 20 heavy (non-hydrogen) atoms. The summed E-state index contributed by atoms with van der Waals surface area (Å²) < 4.78 is 0. The van der Waals surface area contributed by atoms with Crippen LogP contribution < -0.4 is 5.73 Å². The van der Waals surface area contributed by atoms with E-state index in [-0.39, 0.29) is 5.41 Å². The SMILES string of the molecule is NCc1sc(C2(c3ccccc3)CCC2)nc1C1CC1. The Bertz CT molecular complexity index is 609. The van der Waals surface area contributed by atoms with Crippen LogP contribution in [-0.4, -0.2) is 4.98 Å². The molecule has 0 spiro atoms. The first-order chi connectivity index (χ1) is 9.83. The molecule has 0 amide bonds. The Balaban J connectivity index is 1.78. The van der Waals surface area contributed by atoms with Crippen LogP contribution in [0.2, 0.25) is 0 Å². The summed E-state index contributed by atoms with van der Waals surface area (Å²) in [6.45, 7) is 0.647. The van der Waals surface area contributed by atoms with Crippen molar-refractivity contribution in [3.05, 3.63) is 51.5 Å². The third-order valence-electron chi connectivity index (χ3n) is 4.82. The number of hydrogen-bond acceptors (Lipinski definition) is 3. The standard InChI is InChI=1S/C17H20N2S/c18-11-14-15(12-7-8-12)19-16(20-14)17(9-4-10-17)13-5-2-1-3-6-13/h1-3,5-6,12H,4,7-11,18H2.